The van der Waals surface area contributed by atoms with Gasteiger partial charge in [0.1, 0.15) is 11.9 Å². The van der Waals surface area contributed by atoms with Gasteiger partial charge in [-0.1, -0.05) is 13.0 Å². The number of aryl methyl sites for hydroxylation is 1. The molecule has 0 heterocycles. The van der Waals surface area contributed by atoms with Crippen LogP contribution in [-0.4, -0.2) is 11.9 Å². The second-order valence-corrected chi connectivity index (χ2v) is 3.47. The zero-order valence-corrected chi connectivity index (χ0v) is 8.88. The molecule has 0 aliphatic rings. The summed E-state index contributed by atoms with van der Waals surface area (Å²) in [4.78, 5) is 11.0. The number of benzene rings is 1. The van der Waals surface area contributed by atoms with Gasteiger partial charge in [-0.2, -0.15) is 0 Å². The van der Waals surface area contributed by atoms with Gasteiger partial charge < -0.3 is 11.1 Å². The third kappa shape index (κ3) is 2.94. The van der Waals surface area contributed by atoms with E-state index in [1.54, 1.807) is 6.07 Å². The van der Waals surface area contributed by atoms with E-state index in [-0.39, 0.29) is 5.82 Å². The predicted molar refractivity (Wildman–Crippen MR) is 58.0 cm³/mol. The lowest BCUT2D eigenvalue weighted by Gasteiger charge is -2.16. The Morgan fingerprint density at radius 3 is 2.80 bits per heavy atom. The molecule has 1 aromatic carbocycles. The van der Waals surface area contributed by atoms with Crippen LogP contribution in [0.15, 0.2) is 18.2 Å². The van der Waals surface area contributed by atoms with E-state index >= 15 is 0 Å². The molecular weight excluding hydrogens is 195 g/mol. The zero-order chi connectivity index (χ0) is 11.4. The molecule has 0 aromatic heterocycles. The van der Waals surface area contributed by atoms with Crippen molar-refractivity contribution in [3.63, 3.8) is 0 Å². The smallest absolute Gasteiger partial charge is 0.239 e. The van der Waals surface area contributed by atoms with Gasteiger partial charge in [0.05, 0.1) is 0 Å². The van der Waals surface area contributed by atoms with Crippen molar-refractivity contribution >= 4 is 11.6 Å². The van der Waals surface area contributed by atoms with Crippen LogP contribution in [-0.2, 0) is 4.79 Å². The first-order valence-corrected chi connectivity index (χ1v) is 4.86. The number of amides is 1. The Morgan fingerprint density at radius 2 is 2.27 bits per heavy atom. The summed E-state index contributed by atoms with van der Waals surface area (Å²) in [5, 5.41) is 2.92. The first kappa shape index (κ1) is 11.5. The lowest BCUT2D eigenvalue weighted by Crippen LogP contribution is -2.34. The second-order valence-electron chi connectivity index (χ2n) is 3.47. The molecule has 0 aliphatic heterocycles. The molecule has 1 rings (SSSR count). The number of anilines is 1. The summed E-state index contributed by atoms with van der Waals surface area (Å²) >= 11 is 0. The van der Waals surface area contributed by atoms with Crippen molar-refractivity contribution in [3.8, 4) is 0 Å². The minimum atomic E-state index is -0.453. The minimum absolute atomic E-state index is 0.331. The van der Waals surface area contributed by atoms with Crippen molar-refractivity contribution in [2.24, 2.45) is 5.73 Å². The summed E-state index contributed by atoms with van der Waals surface area (Å²) in [5.74, 6) is -0.761. The molecule has 4 heteroatoms. The number of hydrogen-bond acceptors (Lipinski definition) is 2. The molecule has 0 bridgehead atoms. The third-order valence-electron chi connectivity index (χ3n) is 2.28. The molecule has 3 nitrogen and oxygen atoms in total. The summed E-state index contributed by atoms with van der Waals surface area (Å²) in [6.45, 7) is 3.69. The highest BCUT2D eigenvalue weighted by molar-refractivity contribution is 5.83. The molecule has 3 N–H and O–H groups in total. The molecule has 0 saturated heterocycles. The Kier molecular flexibility index (Phi) is 3.66. The van der Waals surface area contributed by atoms with Crippen LogP contribution < -0.4 is 11.1 Å². The molecular formula is C11H15FN2O. The third-order valence-corrected chi connectivity index (χ3v) is 2.28. The normalized spacial score (nSPS) is 12.2. The molecule has 1 amide bonds. The van der Waals surface area contributed by atoms with Gasteiger partial charge in [-0.3, -0.25) is 4.79 Å². The Morgan fingerprint density at radius 1 is 1.60 bits per heavy atom. The summed E-state index contributed by atoms with van der Waals surface area (Å²) in [6, 6.07) is 3.95. The van der Waals surface area contributed by atoms with Crippen LogP contribution in [0.5, 0.6) is 0 Å². The van der Waals surface area contributed by atoms with Crippen molar-refractivity contribution in [2.45, 2.75) is 26.3 Å². The van der Waals surface area contributed by atoms with E-state index in [9.17, 15) is 9.18 Å². The van der Waals surface area contributed by atoms with Gasteiger partial charge in [-0.05, 0) is 31.0 Å². The number of halogens is 1. The van der Waals surface area contributed by atoms with Crippen LogP contribution in [0, 0.1) is 12.7 Å². The van der Waals surface area contributed by atoms with Gasteiger partial charge >= 0.3 is 0 Å². The van der Waals surface area contributed by atoms with E-state index < -0.39 is 11.9 Å². The highest BCUT2D eigenvalue weighted by atomic mass is 19.1. The SMILES string of the molecule is CCC(Nc1cc(F)ccc1C)C(N)=O. The van der Waals surface area contributed by atoms with Crippen LogP contribution in [0.4, 0.5) is 10.1 Å². The van der Waals surface area contributed by atoms with Crippen LogP contribution >= 0.6 is 0 Å². The Balaban J connectivity index is 2.87. The van der Waals surface area contributed by atoms with E-state index in [0.29, 0.717) is 12.1 Å². The maximum absolute atomic E-state index is 12.9. The lowest BCUT2D eigenvalue weighted by molar-refractivity contribution is -0.118. The number of nitrogens with one attached hydrogen (secondary N) is 1. The molecule has 82 valence electrons. The van der Waals surface area contributed by atoms with Crippen molar-refractivity contribution in [3.05, 3.63) is 29.6 Å². The summed E-state index contributed by atoms with van der Waals surface area (Å²) < 4.78 is 12.9. The van der Waals surface area contributed by atoms with Crippen LogP contribution in [0.3, 0.4) is 0 Å². The number of nitrogens with two attached hydrogens (primary N) is 1. The van der Waals surface area contributed by atoms with E-state index in [4.69, 9.17) is 5.73 Å². The van der Waals surface area contributed by atoms with E-state index in [2.05, 4.69) is 5.32 Å². The Labute approximate surface area is 88.5 Å². The lowest BCUT2D eigenvalue weighted by atomic mass is 10.1. The number of hydrogen-bond donors (Lipinski definition) is 2. The Bertz CT molecular complexity index is 366. The molecule has 1 unspecified atom stereocenters. The van der Waals surface area contributed by atoms with Gasteiger partial charge in [0.2, 0.25) is 5.91 Å². The maximum Gasteiger partial charge on any atom is 0.239 e. The van der Waals surface area contributed by atoms with E-state index in [1.807, 2.05) is 13.8 Å². The first-order valence-electron chi connectivity index (χ1n) is 4.86. The largest absolute Gasteiger partial charge is 0.373 e. The van der Waals surface area contributed by atoms with Gasteiger partial charge in [0.15, 0.2) is 0 Å². The fourth-order valence-electron chi connectivity index (χ4n) is 1.31. The van der Waals surface area contributed by atoms with Crippen LogP contribution in [0.25, 0.3) is 0 Å². The fraction of sp³-hybridized carbons (Fsp3) is 0.364. The molecule has 1 atom stereocenters. The highest BCUT2D eigenvalue weighted by Gasteiger charge is 2.13. The number of carbonyl (C=O) groups excluding carboxylic acids is 1. The summed E-state index contributed by atoms with van der Waals surface area (Å²) in [6.07, 6.45) is 0.575. The van der Waals surface area contributed by atoms with E-state index in [0.717, 1.165) is 5.56 Å². The molecule has 0 aliphatic carbocycles. The van der Waals surface area contributed by atoms with E-state index in [1.165, 1.54) is 12.1 Å². The van der Waals surface area contributed by atoms with Crippen molar-refractivity contribution in [2.75, 3.05) is 5.32 Å². The number of primary amides is 1. The average Bonchev–Trinajstić information content (AvgIpc) is 2.18. The first-order chi connectivity index (χ1) is 7.04. The number of rotatable bonds is 4. The second kappa shape index (κ2) is 4.77. The predicted octanol–water partition coefficient (Wildman–Crippen LogP) is 1.81. The maximum atomic E-state index is 12.9. The zero-order valence-electron chi connectivity index (χ0n) is 8.88. The quantitative estimate of drug-likeness (QED) is 0.796. The van der Waals surface area contributed by atoms with Gasteiger partial charge in [-0.15, -0.1) is 0 Å². The van der Waals surface area contributed by atoms with Gasteiger partial charge in [0.25, 0.3) is 0 Å². The number of carbonyl (C=O) groups is 1. The van der Waals surface area contributed by atoms with Crippen molar-refractivity contribution < 1.29 is 9.18 Å². The van der Waals surface area contributed by atoms with Crippen LogP contribution in [0.1, 0.15) is 18.9 Å². The van der Waals surface area contributed by atoms with Crippen molar-refractivity contribution in [1.29, 1.82) is 0 Å². The average molecular weight is 210 g/mol. The highest BCUT2D eigenvalue weighted by Crippen LogP contribution is 2.17. The summed E-state index contributed by atoms with van der Waals surface area (Å²) in [7, 11) is 0. The fourth-order valence-corrected chi connectivity index (χ4v) is 1.31. The molecule has 1 aromatic rings. The van der Waals surface area contributed by atoms with Gasteiger partial charge in [0, 0.05) is 5.69 Å². The molecule has 0 fully saturated rings. The molecule has 15 heavy (non-hydrogen) atoms. The topological polar surface area (TPSA) is 55.1 Å². The van der Waals surface area contributed by atoms with Gasteiger partial charge in [-0.25, -0.2) is 4.39 Å². The summed E-state index contributed by atoms with van der Waals surface area (Å²) in [5.41, 5.74) is 6.68. The minimum Gasteiger partial charge on any atom is -0.373 e. The molecule has 0 saturated carbocycles. The molecule has 0 radical (unpaired) electrons. The van der Waals surface area contributed by atoms with Crippen LogP contribution in [0.2, 0.25) is 0 Å². The Hall–Kier alpha value is -1.58. The van der Waals surface area contributed by atoms with Crippen molar-refractivity contribution in [1.82, 2.24) is 0 Å². The molecule has 0 spiro atoms. The standard InChI is InChI=1S/C11H15FN2O/c1-3-9(11(13)15)14-10-6-8(12)5-4-7(10)2/h4-6,9,14H,3H2,1-2H3,(H2,13,15). The monoisotopic (exact) mass is 210 g/mol.